The molecule has 1 aliphatic heterocycles. The molecule has 3 rings (SSSR count). The predicted molar refractivity (Wildman–Crippen MR) is 103 cm³/mol. The lowest BCUT2D eigenvalue weighted by molar-refractivity contribution is -0.131. The third-order valence-electron chi connectivity index (χ3n) is 4.43. The van der Waals surface area contributed by atoms with Crippen LogP contribution in [0.1, 0.15) is 20.7 Å². The van der Waals surface area contributed by atoms with Gasteiger partial charge in [-0.25, -0.2) is 0 Å². The van der Waals surface area contributed by atoms with E-state index in [0.29, 0.717) is 42.3 Å². The van der Waals surface area contributed by atoms with Crippen molar-refractivity contribution in [2.75, 3.05) is 32.7 Å². The van der Waals surface area contributed by atoms with Crippen LogP contribution < -0.4 is 5.32 Å². The number of benzene rings is 2. The second-order valence-electron chi connectivity index (χ2n) is 6.23. The van der Waals surface area contributed by atoms with Gasteiger partial charge in [-0.2, -0.15) is 0 Å². The van der Waals surface area contributed by atoms with Crippen LogP contribution in [0.2, 0.25) is 5.02 Å². The molecule has 6 nitrogen and oxygen atoms in total. The molecule has 1 fully saturated rings. The molecule has 27 heavy (non-hydrogen) atoms. The second-order valence-corrected chi connectivity index (χ2v) is 6.67. The molecule has 1 heterocycles. The minimum absolute atomic E-state index is 0.0306. The molecular weight excluding hydrogens is 366 g/mol. The van der Waals surface area contributed by atoms with Crippen LogP contribution in [0.3, 0.4) is 0 Å². The van der Waals surface area contributed by atoms with E-state index in [4.69, 9.17) is 11.6 Å². The fourth-order valence-corrected chi connectivity index (χ4v) is 3.11. The molecule has 0 atom stereocenters. The maximum atomic E-state index is 12.4. The molecule has 0 unspecified atom stereocenters. The first kappa shape index (κ1) is 18.9. The molecule has 2 aromatic carbocycles. The fourth-order valence-electron chi connectivity index (χ4n) is 2.92. The average molecular weight is 386 g/mol. The van der Waals surface area contributed by atoms with E-state index in [1.54, 1.807) is 46.2 Å². The highest BCUT2D eigenvalue weighted by Gasteiger charge is 2.24. The highest BCUT2D eigenvalue weighted by atomic mass is 35.5. The number of carbonyl (C=O) groups is 3. The Labute approximate surface area is 162 Å². The summed E-state index contributed by atoms with van der Waals surface area (Å²) in [4.78, 5) is 40.2. The molecule has 0 bridgehead atoms. The first-order chi connectivity index (χ1) is 13.0. The lowest BCUT2D eigenvalue weighted by atomic mass is 10.2. The lowest BCUT2D eigenvalue weighted by Gasteiger charge is -2.34. The van der Waals surface area contributed by atoms with E-state index < -0.39 is 0 Å². The van der Waals surface area contributed by atoms with Crippen LogP contribution in [-0.4, -0.2) is 60.2 Å². The van der Waals surface area contributed by atoms with Crippen LogP contribution in [-0.2, 0) is 4.79 Å². The molecule has 0 aromatic heterocycles. The quantitative estimate of drug-likeness (QED) is 0.875. The molecule has 1 N–H and O–H groups in total. The first-order valence-electron chi connectivity index (χ1n) is 8.70. The zero-order valence-electron chi connectivity index (χ0n) is 14.7. The summed E-state index contributed by atoms with van der Waals surface area (Å²) < 4.78 is 0. The highest BCUT2D eigenvalue weighted by molar-refractivity contribution is 6.31. The van der Waals surface area contributed by atoms with Gasteiger partial charge < -0.3 is 15.1 Å². The van der Waals surface area contributed by atoms with Gasteiger partial charge in [-0.3, -0.25) is 14.4 Å². The Hall–Kier alpha value is -2.86. The summed E-state index contributed by atoms with van der Waals surface area (Å²) in [5, 5.41) is 3.08. The minimum Gasteiger partial charge on any atom is -0.343 e. The van der Waals surface area contributed by atoms with Crippen molar-refractivity contribution in [2.24, 2.45) is 0 Å². The Balaban J connectivity index is 1.47. The first-order valence-corrected chi connectivity index (χ1v) is 9.08. The largest absolute Gasteiger partial charge is 0.343 e. The molecule has 0 aliphatic carbocycles. The van der Waals surface area contributed by atoms with Crippen LogP contribution >= 0.6 is 11.6 Å². The van der Waals surface area contributed by atoms with Gasteiger partial charge in [0, 0.05) is 42.3 Å². The summed E-state index contributed by atoms with van der Waals surface area (Å²) in [6.45, 7) is 1.76. The van der Waals surface area contributed by atoms with Gasteiger partial charge in [0.2, 0.25) is 5.91 Å². The van der Waals surface area contributed by atoms with Gasteiger partial charge >= 0.3 is 0 Å². The van der Waals surface area contributed by atoms with Crippen molar-refractivity contribution in [3.63, 3.8) is 0 Å². The number of amides is 3. The van der Waals surface area contributed by atoms with Crippen LogP contribution in [0.25, 0.3) is 0 Å². The summed E-state index contributed by atoms with van der Waals surface area (Å²) in [6, 6.07) is 15.6. The molecule has 1 saturated heterocycles. The number of carbonyl (C=O) groups excluding carboxylic acids is 3. The van der Waals surface area contributed by atoms with Crippen LogP contribution in [0.15, 0.2) is 54.6 Å². The summed E-state index contributed by atoms with van der Waals surface area (Å²) >= 11 is 5.87. The molecular formula is C20H20ClN3O3. The van der Waals surface area contributed by atoms with E-state index in [9.17, 15) is 14.4 Å². The Morgan fingerprint density at radius 1 is 0.852 bits per heavy atom. The van der Waals surface area contributed by atoms with E-state index >= 15 is 0 Å². The summed E-state index contributed by atoms with van der Waals surface area (Å²) in [5.41, 5.74) is 1.06. The lowest BCUT2D eigenvalue weighted by Crippen LogP contribution is -2.52. The van der Waals surface area contributed by atoms with Gasteiger partial charge in [-0.1, -0.05) is 35.9 Å². The zero-order chi connectivity index (χ0) is 19.2. The van der Waals surface area contributed by atoms with Gasteiger partial charge in [0.25, 0.3) is 11.8 Å². The smallest absolute Gasteiger partial charge is 0.253 e. The van der Waals surface area contributed by atoms with Crippen molar-refractivity contribution in [1.29, 1.82) is 0 Å². The third-order valence-corrected chi connectivity index (χ3v) is 4.66. The second kappa shape index (κ2) is 8.68. The number of nitrogens with one attached hydrogen (secondary N) is 1. The van der Waals surface area contributed by atoms with E-state index in [2.05, 4.69) is 5.32 Å². The van der Waals surface area contributed by atoms with Crippen LogP contribution in [0.4, 0.5) is 0 Å². The van der Waals surface area contributed by atoms with Crippen molar-refractivity contribution < 1.29 is 14.4 Å². The van der Waals surface area contributed by atoms with Crippen molar-refractivity contribution in [2.45, 2.75) is 0 Å². The standard InChI is InChI=1S/C20H20ClN3O3/c21-17-8-4-7-16(13-17)19(26)22-14-18(25)23-9-11-24(12-10-23)20(27)15-5-2-1-3-6-15/h1-8,13H,9-12,14H2,(H,22,26). The van der Waals surface area contributed by atoms with Crippen molar-refractivity contribution in [3.05, 3.63) is 70.7 Å². The number of nitrogens with zero attached hydrogens (tertiary/aromatic N) is 2. The van der Waals surface area contributed by atoms with Crippen molar-refractivity contribution in [3.8, 4) is 0 Å². The molecule has 140 valence electrons. The normalized spacial score (nSPS) is 14.0. The molecule has 7 heteroatoms. The summed E-state index contributed by atoms with van der Waals surface area (Å²) in [7, 11) is 0. The Kier molecular flexibility index (Phi) is 6.08. The van der Waals surface area contributed by atoms with Crippen LogP contribution in [0.5, 0.6) is 0 Å². The predicted octanol–water partition coefficient (Wildman–Crippen LogP) is 2.05. The molecule has 0 radical (unpaired) electrons. The van der Waals surface area contributed by atoms with Gasteiger partial charge in [-0.15, -0.1) is 0 Å². The summed E-state index contributed by atoms with van der Waals surface area (Å²) in [5.74, 6) is -0.544. The average Bonchev–Trinajstić information content (AvgIpc) is 2.72. The molecule has 0 saturated carbocycles. The SMILES string of the molecule is O=C(NCC(=O)N1CCN(C(=O)c2ccccc2)CC1)c1cccc(Cl)c1. The van der Waals surface area contributed by atoms with E-state index in [1.807, 2.05) is 18.2 Å². The number of rotatable bonds is 4. The Morgan fingerprint density at radius 2 is 1.48 bits per heavy atom. The number of piperazine rings is 1. The monoisotopic (exact) mass is 385 g/mol. The van der Waals surface area contributed by atoms with Gasteiger partial charge in [0.05, 0.1) is 6.54 Å². The van der Waals surface area contributed by atoms with Crippen LogP contribution in [0, 0.1) is 0 Å². The van der Waals surface area contributed by atoms with Gasteiger partial charge in [-0.05, 0) is 30.3 Å². The molecule has 3 amide bonds. The minimum atomic E-state index is -0.344. The van der Waals surface area contributed by atoms with Crippen molar-refractivity contribution >= 4 is 29.3 Å². The summed E-state index contributed by atoms with van der Waals surface area (Å²) in [6.07, 6.45) is 0. The zero-order valence-corrected chi connectivity index (χ0v) is 15.5. The Bertz CT molecular complexity index is 833. The maximum absolute atomic E-state index is 12.4. The van der Waals surface area contributed by atoms with Gasteiger partial charge in [0.1, 0.15) is 0 Å². The topological polar surface area (TPSA) is 69.7 Å². The maximum Gasteiger partial charge on any atom is 0.253 e. The Morgan fingerprint density at radius 3 is 2.15 bits per heavy atom. The third kappa shape index (κ3) is 4.86. The number of halogens is 1. The number of hydrogen-bond acceptors (Lipinski definition) is 3. The van der Waals surface area contributed by atoms with E-state index in [-0.39, 0.29) is 24.3 Å². The molecule has 0 spiro atoms. The highest BCUT2D eigenvalue weighted by Crippen LogP contribution is 2.11. The number of hydrogen-bond donors (Lipinski definition) is 1. The van der Waals surface area contributed by atoms with Crippen molar-refractivity contribution in [1.82, 2.24) is 15.1 Å². The van der Waals surface area contributed by atoms with E-state index in [0.717, 1.165) is 0 Å². The van der Waals surface area contributed by atoms with E-state index in [1.165, 1.54) is 0 Å². The molecule has 2 aromatic rings. The van der Waals surface area contributed by atoms with Gasteiger partial charge in [0.15, 0.2) is 0 Å². The fraction of sp³-hybridized carbons (Fsp3) is 0.250. The molecule has 1 aliphatic rings.